The van der Waals surface area contributed by atoms with Crippen molar-refractivity contribution in [2.24, 2.45) is 0 Å². The monoisotopic (exact) mass is 296 g/mol. The summed E-state index contributed by atoms with van der Waals surface area (Å²) in [5.74, 6) is 0.148. The van der Waals surface area contributed by atoms with Gasteiger partial charge < -0.3 is 10.1 Å². The zero-order valence-electron chi connectivity index (χ0n) is 12.2. The topological polar surface area (TPSA) is 51.2 Å². The van der Waals surface area contributed by atoms with Crippen molar-refractivity contribution in [2.45, 2.75) is 58.0 Å². The molecule has 1 atom stereocenters. The molecule has 1 amide bonds. The number of ether oxygens (including phenoxy) is 1. The van der Waals surface area contributed by atoms with Crippen LogP contribution in [0.15, 0.2) is 5.51 Å². The second-order valence-electron chi connectivity index (χ2n) is 5.34. The molecule has 112 valence electrons. The van der Waals surface area contributed by atoms with Crippen LogP contribution in [0.4, 0.5) is 0 Å². The first-order valence-electron chi connectivity index (χ1n) is 7.53. The Kier molecular flexibility index (Phi) is 6.47. The first-order chi connectivity index (χ1) is 9.75. The van der Waals surface area contributed by atoms with Gasteiger partial charge in [0.25, 0.3) is 0 Å². The minimum Gasteiger partial charge on any atom is -0.378 e. The summed E-state index contributed by atoms with van der Waals surface area (Å²) in [6.07, 6.45) is 7.58. The van der Waals surface area contributed by atoms with Crippen LogP contribution < -0.4 is 5.32 Å². The van der Waals surface area contributed by atoms with Gasteiger partial charge in [-0.05, 0) is 45.4 Å². The van der Waals surface area contributed by atoms with E-state index in [9.17, 15) is 4.79 Å². The summed E-state index contributed by atoms with van der Waals surface area (Å²) in [5.41, 5.74) is 2.90. The lowest BCUT2D eigenvalue weighted by atomic mass is 10.1. The smallest absolute Gasteiger partial charge is 0.220 e. The lowest BCUT2D eigenvalue weighted by Crippen LogP contribution is -2.24. The van der Waals surface area contributed by atoms with E-state index in [2.05, 4.69) is 10.3 Å². The summed E-state index contributed by atoms with van der Waals surface area (Å²) in [4.78, 5) is 17.1. The number of carbonyl (C=O) groups excluding carboxylic acids is 1. The van der Waals surface area contributed by atoms with E-state index in [-0.39, 0.29) is 5.91 Å². The highest BCUT2D eigenvalue weighted by Crippen LogP contribution is 2.17. The molecule has 1 saturated heterocycles. The van der Waals surface area contributed by atoms with Crippen molar-refractivity contribution < 1.29 is 9.53 Å². The third-order valence-electron chi connectivity index (χ3n) is 3.72. The molecule has 1 aliphatic rings. The predicted molar refractivity (Wildman–Crippen MR) is 81.0 cm³/mol. The third-order valence-corrected chi connectivity index (χ3v) is 4.72. The molecule has 0 unspecified atom stereocenters. The van der Waals surface area contributed by atoms with Crippen molar-refractivity contribution in [3.63, 3.8) is 0 Å². The molecule has 1 N–H and O–H groups in total. The van der Waals surface area contributed by atoms with E-state index in [4.69, 9.17) is 4.74 Å². The third kappa shape index (κ3) is 5.21. The first kappa shape index (κ1) is 15.4. The maximum absolute atomic E-state index is 11.7. The summed E-state index contributed by atoms with van der Waals surface area (Å²) >= 11 is 1.63. The van der Waals surface area contributed by atoms with Gasteiger partial charge in [0.05, 0.1) is 17.3 Å². The van der Waals surface area contributed by atoms with Crippen molar-refractivity contribution in [1.82, 2.24) is 10.3 Å². The van der Waals surface area contributed by atoms with Crippen LogP contribution in [0.5, 0.6) is 0 Å². The molecule has 0 radical (unpaired) electrons. The SMILES string of the molecule is Cc1ncsc1CCC(=O)NCCCC[C@@H]1CCCO1. The summed E-state index contributed by atoms with van der Waals surface area (Å²) in [7, 11) is 0. The Morgan fingerprint density at radius 1 is 1.55 bits per heavy atom. The quantitative estimate of drug-likeness (QED) is 0.751. The molecule has 0 aliphatic carbocycles. The first-order valence-corrected chi connectivity index (χ1v) is 8.41. The van der Waals surface area contributed by atoms with Crippen molar-refractivity contribution in [2.75, 3.05) is 13.2 Å². The fourth-order valence-corrected chi connectivity index (χ4v) is 3.26. The Hall–Kier alpha value is -0.940. The van der Waals surface area contributed by atoms with Crippen LogP contribution in [-0.4, -0.2) is 30.1 Å². The van der Waals surface area contributed by atoms with E-state index in [1.807, 2.05) is 12.4 Å². The molecule has 0 bridgehead atoms. The van der Waals surface area contributed by atoms with Gasteiger partial charge in [-0.15, -0.1) is 11.3 Å². The lowest BCUT2D eigenvalue weighted by Gasteiger charge is -2.09. The normalized spacial score (nSPS) is 18.4. The van der Waals surface area contributed by atoms with E-state index >= 15 is 0 Å². The molecule has 5 heteroatoms. The fraction of sp³-hybridized carbons (Fsp3) is 0.733. The van der Waals surface area contributed by atoms with Gasteiger partial charge in [-0.1, -0.05) is 0 Å². The number of hydrogen-bond donors (Lipinski definition) is 1. The summed E-state index contributed by atoms with van der Waals surface area (Å²) in [6, 6.07) is 0. The van der Waals surface area contributed by atoms with Gasteiger partial charge >= 0.3 is 0 Å². The van der Waals surface area contributed by atoms with Gasteiger partial charge in [-0.25, -0.2) is 4.98 Å². The van der Waals surface area contributed by atoms with Crippen LogP contribution in [0, 0.1) is 6.92 Å². The predicted octanol–water partition coefficient (Wildman–Crippen LogP) is 2.85. The van der Waals surface area contributed by atoms with Crippen LogP contribution >= 0.6 is 11.3 Å². The number of amides is 1. The summed E-state index contributed by atoms with van der Waals surface area (Å²) < 4.78 is 5.58. The maximum atomic E-state index is 11.7. The fourth-order valence-electron chi connectivity index (χ4n) is 2.48. The Bertz CT molecular complexity index is 414. The minimum absolute atomic E-state index is 0.148. The Balaban J connectivity index is 1.48. The average Bonchev–Trinajstić information content (AvgIpc) is 3.08. The number of rotatable bonds is 8. The van der Waals surface area contributed by atoms with E-state index in [1.54, 1.807) is 11.3 Å². The second-order valence-corrected chi connectivity index (χ2v) is 6.28. The second kappa shape index (κ2) is 8.37. The number of unbranched alkanes of at least 4 members (excludes halogenated alkanes) is 1. The van der Waals surface area contributed by atoms with Crippen molar-refractivity contribution in [3.8, 4) is 0 Å². The number of carbonyl (C=O) groups is 1. The summed E-state index contributed by atoms with van der Waals surface area (Å²) in [6.45, 7) is 3.71. The number of nitrogens with zero attached hydrogens (tertiary/aromatic N) is 1. The van der Waals surface area contributed by atoms with E-state index in [1.165, 1.54) is 17.7 Å². The van der Waals surface area contributed by atoms with E-state index in [0.717, 1.165) is 44.5 Å². The summed E-state index contributed by atoms with van der Waals surface area (Å²) in [5, 5.41) is 2.99. The van der Waals surface area contributed by atoms with Gasteiger partial charge in [-0.2, -0.15) is 0 Å². The lowest BCUT2D eigenvalue weighted by molar-refractivity contribution is -0.121. The standard InChI is InChI=1S/C15H24N2O2S/c1-12-14(20-11-17-12)7-8-15(18)16-9-3-2-5-13-6-4-10-19-13/h11,13H,2-10H2,1H3,(H,16,18)/t13-/m1/s1. The van der Waals surface area contributed by atoms with E-state index in [0.29, 0.717) is 12.5 Å². The van der Waals surface area contributed by atoms with Gasteiger partial charge in [0.2, 0.25) is 5.91 Å². The Morgan fingerprint density at radius 3 is 3.15 bits per heavy atom. The van der Waals surface area contributed by atoms with Crippen LogP contribution in [0.3, 0.4) is 0 Å². The number of thiazole rings is 1. The highest BCUT2D eigenvalue weighted by atomic mass is 32.1. The maximum Gasteiger partial charge on any atom is 0.220 e. The van der Waals surface area contributed by atoms with Gasteiger partial charge in [-0.3, -0.25) is 4.79 Å². The van der Waals surface area contributed by atoms with Crippen molar-refractivity contribution in [3.05, 3.63) is 16.1 Å². The van der Waals surface area contributed by atoms with Crippen LogP contribution in [0.25, 0.3) is 0 Å². The molecule has 1 aromatic heterocycles. The van der Waals surface area contributed by atoms with Gasteiger partial charge in [0, 0.05) is 24.4 Å². The average molecular weight is 296 g/mol. The molecule has 1 fully saturated rings. The Labute approximate surface area is 124 Å². The molecule has 4 nitrogen and oxygen atoms in total. The van der Waals surface area contributed by atoms with Crippen LogP contribution in [0.2, 0.25) is 0 Å². The van der Waals surface area contributed by atoms with Gasteiger partial charge in [0.15, 0.2) is 0 Å². The number of aromatic nitrogens is 1. The molecular weight excluding hydrogens is 272 g/mol. The molecule has 0 saturated carbocycles. The molecule has 1 aromatic rings. The molecule has 20 heavy (non-hydrogen) atoms. The highest BCUT2D eigenvalue weighted by Gasteiger charge is 2.14. The molecule has 1 aliphatic heterocycles. The molecule has 2 heterocycles. The van der Waals surface area contributed by atoms with Crippen molar-refractivity contribution >= 4 is 17.2 Å². The van der Waals surface area contributed by atoms with Crippen LogP contribution in [0.1, 0.15) is 49.1 Å². The largest absolute Gasteiger partial charge is 0.378 e. The molecular formula is C15H24N2O2S. The van der Waals surface area contributed by atoms with Crippen LogP contribution in [-0.2, 0) is 16.0 Å². The zero-order chi connectivity index (χ0) is 14.2. The Morgan fingerprint density at radius 2 is 2.45 bits per heavy atom. The minimum atomic E-state index is 0.148. The highest BCUT2D eigenvalue weighted by molar-refractivity contribution is 7.09. The zero-order valence-corrected chi connectivity index (χ0v) is 13.0. The number of nitrogens with one attached hydrogen (secondary N) is 1. The number of aryl methyl sites for hydroxylation is 2. The van der Waals surface area contributed by atoms with Crippen molar-refractivity contribution in [1.29, 1.82) is 0 Å². The van der Waals surface area contributed by atoms with E-state index < -0.39 is 0 Å². The number of hydrogen-bond acceptors (Lipinski definition) is 4. The molecule has 2 rings (SSSR count). The van der Waals surface area contributed by atoms with Gasteiger partial charge in [0.1, 0.15) is 0 Å². The molecule has 0 spiro atoms. The molecule has 0 aromatic carbocycles.